The number of para-hydroxylation sites is 1. The molecular formula is C17H19N3O. The molecule has 1 aromatic carbocycles. The van der Waals surface area contributed by atoms with Crippen molar-refractivity contribution < 1.29 is 4.42 Å². The van der Waals surface area contributed by atoms with Crippen LogP contribution in [0.3, 0.4) is 0 Å². The Morgan fingerprint density at radius 1 is 1.14 bits per heavy atom. The van der Waals surface area contributed by atoms with Crippen molar-refractivity contribution in [2.75, 3.05) is 11.9 Å². The summed E-state index contributed by atoms with van der Waals surface area (Å²) in [5.41, 5.74) is 1.87. The van der Waals surface area contributed by atoms with E-state index in [2.05, 4.69) is 36.1 Å². The normalized spacial score (nSPS) is 11.2. The van der Waals surface area contributed by atoms with E-state index in [-0.39, 0.29) is 0 Å². The molecule has 0 amide bonds. The third-order valence-electron chi connectivity index (χ3n) is 3.34. The molecule has 0 spiro atoms. The molecule has 3 rings (SSSR count). The van der Waals surface area contributed by atoms with E-state index in [1.54, 1.807) is 0 Å². The van der Waals surface area contributed by atoms with Crippen LogP contribution in [0.15, 0.2) is 40.8 Å². The molecule has 0 aliphatic carbocycles. The van der Waals surface area contributed by atoms with Crippen molar-refractivity contribution in [3.63, 3.8) is 0 Å². The first-order valence-corrected chi connectivity index (χ1v) is 7.29. The first-order valence-electron chi connectivity index (χ1n) is 7.29. The molecule has 0 bridgehead atoms. The fraction of sp³-hybridized carbons (Fsp3) is 0.294. The summed E-state index contributed by atoms with van der Waals surface area (Å²) < 4.78 is 5.87. The molecule has 0 atom stereocenters. The number of furan rings is 1. The van der Waals surface area contributed by atoms with Gasteiger partial charge in [-0.2, -0.15) is 0 Å². The highest BCUT2D eigenvalue weighted by atomic mass is 16.3. The van der Waals surface area contributed by atoms with E-state index in [4.69, 9.17) is 4.42 Å². The molecule has 1 N–H and O–H groups in total. The van der Waals surface area contributed by atoms with Gasteiger partial charge in [0.05, 0.1) is 0 Å². The van der Waals surface area contributed by atoms with E-state index >= 15 is 0 Å². The summed E-state index contributed by atoms with van der Waals surface area (Å²) in [5, 5.41) is 4.32. The molecule has 108 valence electrons. The minimum atomic E-state index is 0.341. The molecule has 2 heterocycles. The second-order valence-electron chi connectivity index (χ2n) is 5.34. The molecule has 21 heavy (non-hydrogen) atoms. The number of benzene rings is 1. The number of aromatic nitrogens is 2. The van der Waals surface area contributed by atoms with Crippen LogP contribution in [0, 0.1) is 0 Å². The van der Waals surface area contributed by atoms with Crippen LogP contribution >= 0.6 is 0 Å². The van der Waals surface area contributed by atoms with Gasteiger partial charge in [-0.25, -0.2) is 9.97 Å². The summed E-state index contributed by atoms with van der Waals surface area (Å²) in [6.07, 6.45) is 0. The number of nitrogens with one attached hydrogen (secondary N) is 1. The molecule has 0 fully saturated rings. The zero-order valence-electron chi connectivity index (χ0n) is 12.6. The van der Waals surface area contributed by atoms with E-state index in [0.29, 0.717) is 17.5 Å². The van der Waals surface area contributed by atoms with Gasteiger partial charge in [-0.05, 0) is 25.0 Å². The van der Waals surface area contributed by atoms with Crippen molar-refractivity contribution in [3.05, 3.63) is 42.1 Å². The van der Waals surface area contributed by atoms with E-state index in [1.165, 1.54) is 0 Å². The number of fused-ring (bicyclic) bond motifs is 1. The zero-order valence-corrected chi connectivity index (χ0v) is 12.6. The second kappa shape index (κ2) is 5.56. The largest absolute Gasteiger partial charge is 0.453 e. The maximum Gasteiger partial charge on any atom is 0.197 e. The van der Waals surface area contributed by atoms with E-state index in [9.17, 15) is 0 Å². The fourth-order valence-corrected chi connectivity index (χ4v) is 2.24. The predicted molar refractivity (Wildman–Crippen MR) is 85.5 cm³/mol. The highest BCUT2D eigenvalue weighted by Crippen LogP contribution is 2.27. The summed E-state index contributed by atoms with van der Waals surface area (Å²) >= 11 is 0. The van der Waals surface area contributed by atoms with E-state index < -0.39 is 0 Å². The van der Waals surface area contributed by atoms with Crippen LogP contribution in [0.1, 0.15) is 32.4 Å². The molecule has 0 aliphatic heterocycles. The molecule has 4 nitrogen and oxygen atoms in total. The van der Waals surface area contributed by atoms with Gasteiger partial charge in [0.2, 0.25) is 0 Å². The molecule has 4 heteroatoms. The van der Waals surface area contributed by atoms with Gasteiger partial charge in [-0.1, -0.05) is 32.0 Å². The third-order valence-corrected chi connectivity index (χ3v) is 3.34. The average Bonchev–Trinajstić information content (AvgIpc) is 2.91. The summed E-state index contributed by atoms with van der Waals surface area (Å²) in [6, 6.07) is 11.9. The lowest BCUT2D eigenvalue weighted by Gasteiger charge is -2.09. The van der Waals surface area contributed by atoms with Crippen LogP contribution in [0.2, 0.25) is 0 Å². The lowest BCUT2D eigenvalue weighted by atomic mass is 10.1. The molecular weight excluding hydrogens is 262 g/mol. The Hall–Kier alpha value is -2.36. The number of hydrogen-bond acceptors (Lipinski definition) is 4. The minimum absolute atomic E-state index is 0.341. The van der Waals surface area contributed by atoms with Crippen LogP contribution < -0.4 is 5.32 Å². The summed E-state index contributed by atoms with van der Waals surface area (Å²) in [7, 11) is 0. The Balaban J connectivity index is 2.11. The standard InChI is InChI=1S/C17H19N3O/c1-4-18-16-10-13(11(2)3)19-17(20-16)15-9-12-7-5-6-8-14(12)21-15/h5-11H,4H2,1-3H3,(H,18,19,20). The maximum absolute atomic E-state index is 5.87. The Kier molecular flexibility index (Phi) is 3.60. The van der Waals surface area contributed by atoms with Crippen LogP contribution in [0.4, 0.5) is 5.82 Å². The van der Waals surface area contributed by atoms with Crippen molar-refractivity contribution in [2.24, 2.45) is 0 Å². The minimum Gasteiger partial charge on any atom is -0.453 e. The Morgan fingerprint density at radius 2 is 1.95 bits per heavy atom. The number of rotatable bonds is 4. The molecule has 0 saturated carbocycles. The molecule has 0 unspecified atom stereocenters. The highest BCUT2D eigenvalue weighted by Gasteiger charge is 2.13. The highest BCUT2D eigenvalue weighted by molar-refractivity contribution is 5.81. The third kappa shape index (κ3) is 2.75. The Morgan fingerprint density at radius 3 is 2.67 bits per heavy atom. The molecule has 0 radical (unpaired) electrons. The molecule has 3 aromatic rings. The maximum atomic E-state index is 5.87. The first kappa shape index (κ1) is 13.6. The average molecular weight is 281 g/mol. The van der Waals surface area contributed by atoms with Crippen molar-refractivity contribution in [3.8, 4) is 11.6 Å². The Bertz CT molecular complexity index is 729. The van der Waals surface area contributed by atoms with Crippen molar-refractivity contribution in [1.82, 2.24) is 9.97 Å². The van der Waals surface area contributed by atoms with Gasteiger partial charge in [0.15, 0.2) is 11.6 Å². The summed E-state index contributed by atoms with van der Waals surface area (Å²) in [4.78, 5) is 9.19. The lowest BCUT2D eigenvalue weighted by molar-refractivity contribution is 0.623. The number of nitrogens with zero attached hydrogens (tertiary/aromatic N) is 2. The van der Waals surface area contributed by atoms with Gasteiger partial charge in [0.1, 0.15) is 11.4 Å². The smallest absolute Gasteiger partial charge is 0.197 e. The molecule has 0 aliphatic rings. The van der Waals surface area contributed by atoms with E-state index in [1.807, 2.05) is 36.4 Å². The van der Waals surface area contributed by atoms with Gasteiger partial charge in [-0.15, -0.1) is 0 Å². The van der Waals surface area contributed by atoms with Crippen LogP contribution in [0.25, 0.3) is 22.6 Å². The Labute approximate surface area is 124 Å². The second-order valence-corrected chi connectivity index (χ2v) is 5.34. The molecule has 0 saturated heterocycles. The van der Waals surface area contributed by atoms with Gasteiger partial charge >= 0.3 is 0 Å². The summed E-state index contributed by atoms with van der Waals surface area (Å²) in [6.45, 7) is 7.13. The van der Waals surface area contributed by atoms with Crippen molar-refractivity contribution in [1.29, 1.82) is 0 Å². The van der Waals surface area contributed by atoms with Crippen molar-refractivity contribution >= 4 is 16.8 Å². The predicted octanol–water partition coefficient (Wildman–Crippen LogP) is 4.45. The monoisotopic (exact) mass is 281 g/mol. The van der Waals surface area contributed by atoms with Crippen LogP contribution in [-0.4, -0.2) is 16.5 Å². The van der Waals surface area contributed by atoms with Gasteiger partial charge in [-0.3, -0.25) is 0 Å². The fourth-order valence-electron chi connectivity index (χ4n) is 2.24. The summed E-state index contributed by atoms with van der Waals surface area (Å²) in [5.74, 6) is 2.52. The lowest BCUT2D eigenvalue weighted by Crippen LogP contribution is -2.04. The van der Waals surface area contributed by atoms with Gasteiger partial charge in [0, 0.05) is 23.7 Å². The number of anilines is 1. The molecule has 2 aromatic heterocycles. The topological polar surface area (TPSA) is 51.0 Å². The first-order chi connectivity index (χ1) is 10.2. The quantitative estimate of drug-likeness (QED) is 0.767. The van der Waals surface area contributed by atoms with Gasteiger partial charge in [0.25, 0.3) is 0 Å². The number of hydrogen-bond donors (Lipinski definition) is 1. The zero-order chi connectivity index (χ0) is 14.8. The van der Waals surface area contributed by atoms with Crippen LogP contribution in [-0.2, 0) is 0 Å². The van der Waals surface area contributed by atoms with Crippen molar-refractivity contribution in [2.45, 2.75) is 26.7 Å². The van der Waals surface area contributed by atoms with E-state index in [0.717, 1.165) is 29.0 Å². The SMILES string of the molecule is CCNc1cc(C(C)C)nc(-c2cc3ccccc3o2)n1. The van der Waals surface area contributed by atoms with Crippen LogP contribution in [0.5, 0.6) is 0 Å². The van der Waals surface area contributed by atoms with Gasteiger partial charge < -0.3 is 9.73 Å².